The van der Waals surface area contributed by atoms with Crippen LogP contribution in [0.15, 0.2) is 65.3 Å². The predicted octanol–water partition coefficient (Wildman–Crippen LogP) is 3.69. The first-order chi connectivity index (χ1) is 8.69. The lowest BCUT2D eigenvalue weighted by molar-refractivity contribution is 0.0782. The largest absolute Gasteiger partial charge is 0.466 e. The van der Waals surface area contributed by atoms with Gasteiger partial charge in [0, 0.05) is 0 Å². The van der Waals surface area contributed by atoms with E-state index >= 15 is 0 Å². The summed E-state index contributed by atoms with van der Waals surface area (Å²) in [5.41, 5.74) is -0.264. The molecule has 0 unspecified atom stereocenters. The SMILES string of the molecule is C[C@](O)(c1ccco1)c1cccc2ccccc12. The molecule has 0 spiro atoms. The molecule has 18 heavy (non-hydrogen) atoms. The summed E-state index contributed by atoms with van der Waals surface area (Å²) in [6.07, 6.45) is 1.58. The minimum atomic E-state index is -1.12. The fourth-order valence-electron chi connectivity index (χ4n) is 2.34. The third-order valence-electron chi connectivity index (χ3n) is 3.32. The van der Waals surface area contributed by atoms with Gasteiger partial charge in [0.2, 0.25) is 0 Å². The molecule has 0 radical (unpaired) electrons. The Balaban J connectivity index is 2.26. The highest BCUT2D eigenvalue weighted by Gasteiger charge is 2.29. The van der Waals surface area contributed by atoms with Crippen molar-refractivity contribution in [3.05, 3.63) is 72.2 Å². The number of benzene rings is 2. The van der Waals surface area contributed by atoms with Crippen LogP contribution in [0, 0.1) is 0 Å². The van der Waals surface area contributed by atoms with Crippen LogP contribution in [0.4, 0.5) is 0 Å². The molecule has 1 atom stereocenters. The number of aliphatic hydroxyl groups is 1. The molecule has 3 aromatic rings. The number of fused-ring (bicyclic) bond motifs is 1. The normalized spacial score (nSPS) is 14.6. The number of rotatable bonds is 2. The number of furan rings is 1. The summed E-state index contributed by atoms with van der Waals surface area (Å²) in [5, 5.41) is 12.9. The smallest absolute Gasteiger partial charge is 0.145 e. The highest BCUT2D eigenvalue weighted by atomic mass is 16.4. The van der Waals surface area contributed by atoms with Crippen LogP contribution in [0.5, 0.6) is 0 Å². The average molecular weight is 238 g/mol. The molecule has 0 aliphatic heterocycles. The maximum Gasteiger partial charge on any atom is 0.145 e. The Hall–Kier alpha value is -2.06. The minimum absolute atomic E-state index is 0.554. The van der Waals surface area contributed by atoms with Gasteiger partial charge in [0.05, 0.1) is 6.26 Å². The fourth-order valence-corrected chi connectivity index (χ4v) is 2.34. The summed E-state index contributed by atoms with van der Waals surface area (Å²) < 4.78 is 5.35. The molecular formula is C16H14O2. The minimum Gasteiger partial charge on any atom is -0.466 e. The van der Waals surface area contributed by atoms with E-state index in [1.165, 1.54) is 0 Å². The van der Waals surface area contributed by atoms with Crippen LogP contribution in [-0.2, 0) is 5.60 Å². The Labute approximate surface area is 105 Å². The molecule has 0 saturated carbocycles. The van der Waals surface area contributed by atoms with E-state index in [4.69, 9.17) is 4.42 Å². The molecule has 0 saturated heterocycles. The molecule has 0 amide bonds. The van der Waals surface area contributed by atoms with Gasteiger partial charge in [0.15, 0.2) is 0 Å². The lowest BCUT2D eigenvalue weighted by Crippen LogP contribution is -2.22. The van der Waals surface area contributed by atoms with Gasteiger partial charge in [-0.2, -0.15) is 0 Å². The molecule has 1 aromatic heterocycles. The van der Waals surface area contributed by atoms with Gasteiger partial charge in [-0.05, 0) is 35.4 Å². The molecule has 1 N–H and O–H groups in total. The van der Waals surface area contributed by atoms with Crippen molar-refractivity contribution in [1.29, 1.82) is 0 Å². The van der Waals surface area contributed by atoms with Crippen molar-refractivity contribution in [2.75, 3.05) is 0 Å². The fraction of sp³-hybridized carbons (Fsp3) is 0.125. The van der Waals surface area contributed by atoms with Gasteiger partial charge in [-0.25, -0.2) is 0 Å². The second kappa shape index (κ2) is 4.00. The van der Waals surface area contributed by atoms with E-state index in [0.717, 1.165) is 16.3 Å². The van der Waals surface area contributed by atoms with Crippen LogP contribution in [-0.4, -0.2) is 5.11 Å². The summed E-state index contributed by atoms with van der Waals surface area (Å²) in [5.74, 6) is 0.554. The summed E-state index contributed by atoms with van der Waals surface area (Å²) in [6, 6.07) is 17.5. The number of hydrogen-bond acceptors (Lipinski definition) is 2. The van der Waals surface area contributed by atoms with E-state index in [9.17, 15) is 5.11 Å². The Morgan fingerprint density at radius 1 is 0.944 bits per heavy atom. The highest BCUT2D eigenvalue weighted by molar-refractivity contribution is 5.86. The van der Waals surface area contributed by atoms with Crippen LogP contribution in [0.3, 0.4) is 0 Å². The van der Waals surface area contributed by atoms with Gasteiger partial charge in [-0.3, -0.25) is 0 Å². The molecule has 0 aliphatic rings. The standard InChI is InChI=1S/C16H14O2/c1-16(17,15-10-5-11-18-15)14-9-4-7-12-6-2-3-8-13(12)14/h2-11,17H,1H3/t16-/m1/s1. The molecule has 2 aromatic carbocycles. The highest BCUT2D eigenvalue weighted by Crippen LogP contribution is 2.34. The van der Waals surface area contributed by atoms with E-state index in [0.29, 0.717) is 5.76 Å². The van der Waals surface area contributed by atoms with Crippen LogP contribution < -0.4 is 0 Å². The van der Waals surface area contributed by atoms with E-state index in [2.05, 4.69) is 0 Å². The summed E-state index contributed by atoms with van der Waals surface area (Å²) >= 11 is 0. The van der Waals surface area contributed by atoms with Crippen LogP contribution in [0.25, 0.3) is 10.8 Å². The van der Waals surface area contributed by atoms with Crippen molar-refractivity contribution in [3.8, 4) is 0 Å². The van der Waals surface area contributed by atoms with Crippen LogP contribution in [0.2, 0.25) is 0 Å². The molecule has 2 nitrogen and oxygen atoms in total. The Morgan fingerprint density at radius 3 is 2.50 bits per heavy atom. The Morgan fingerprint density at radius 2 is 1.72 bits per heavy atom. The maximum atomic E-state index is 10.8. The third kappa shape index (κ3) is 1.62. The van der Waals surface area contributed by atoms with Gasteiger partial charge in [-0.1, -0.05) is 42.5 Å². The monoisotopic (exact) mass is 238 g/mol. The molecule has 0 aliphatic carbocycles. The van der Waals surface area contributed by atoms with Crippen molar-refractivity contribution in [3.63, 3.8) is 0 Å². The lowest BCUT2D eigenvalue weighted by Gasteiger charge is -2.23. The maximum absolute atomic E-state index is 10.8. The second-order valence-corrected chi connectivity index (χ2v) is 4.58. The molecule has 2 heteroatoms. The Kier molecular flexibility index (Phi) is 2.46. The van der Waals surface area contributed by atoms with Crippen molar-refractivity contribution in [1.82, 2.24) is 0 Å². The van der Waals surface area contributed by atoms with Gasteiger partial charge in [-0.15, -0.1) is 0 Å². The van der Waals surface area contributed by atoms with Gasteiger partial charge in [0.1, 0.15) is 11.4 Å². The molecule has 3 rings (SSSR count). The van der Waals surface area contributed by atoms with Crippen LogP contribution in [0.1, 0.15) is 18.2 Å². The van der Waals surface area contributed by atoms with E-state index in [1.54, 1.807) is 25.3 Å². The summed E-state index contributed by atoms with van der Waals surface area (Å²) in [4.78, 5) is 0. The number of hydrogen-bond donors (Lipinski definition) is 1. The van der Waals surface area contributed by atoms with Crippen molar-refractivity contribution >= 4 is 10.8 Å². The molecule has 0 bridgehead atoms. The first-order valence-electron chi connectivity index (χ1n) is 5.94. The summed E-state index contributed by atoms with van der Waals surface area (Å²) in [6.45, 7) is 1.76. The average Bonchev–Trinajstić information content (AvgIpc) is 2.92. The van der Waals surface area contributed by atoms with E-state index in [1.807, 2.05) is 42.5 Å². The predicted molar refractivity (Wildman–Crippen MR) is 71.3 cm³/mol. The van der Waals surface area contributed by atoms with Crippen LogP contribution >= 0.6 is 0 Å². The second-order valence-electron chi connectivity index (χ2n) is 4.58. The van der Waals surface area contributed by atoms with Gasteiger partial charge < -0.3 is 9.52 Å². The molecule has 1 heterocycles. The van der Waals surface area contributed by atoms with Gasteiger partial charge in [0.25, 0.3) is 0 Å². The van der Waals surface area contributed by atoms with Crippen molar-refractivity contribution in [2.45, 2.75) is 12.5 Å². The zero-order chi connectivity index (χ0) is 12.6. The summed E-state index contributed by atoms with van der Waals surface area (Å²) in [7, 11) is 0. The molecule has 0 fully saturated rings. The zero-order valence-electron chi connectivity index (χ0n) is 10.1. The van der Waals surface area contributed by atoms with Gasteiger partial charge >= 0.3 is 0 Å². The topological polar surface area (TPSA) is 33.4 Å². The Bertz CT molecular complexity index is 661. The zero-order valence-corrected chi connectivity index (χ0v) is 10.1. The van der Waals surface area contributed by atoms with E-state index < -0.39 is 5.60 Å². The van der Waals surface area contributed by atoms with E-state index in [-0.39, 0.29) is 0 Å². The van der Waals surface area contributed by atoms with Crippen molar-refractivity contribution < 1.29 is 9.52 Å². The molecular weight excluding hydrogens is 224 g/mol. The lowest BCUT2D eigenvalue weighted by atomic mass is 9.89. The quantitative estimate of drug-likeness (QED) is 0.738. The third-order valence-corrected chi connectivity index (χ3v) is 3.32. The first-order valence-corrected chi connectivity index (χ1v) is 5.94. The molecule has 90 valence electrons. The van der Waals surface area contributed by atoms with Crippen molar-refractivity contribution in [2.24, 2.45) is 0 Å². The first kappa shape index (κ1) is 11.1.